The lowest BCUT2D eigenvalue weighted by Crippen LogP contribution is -2.37. The van der Waals surface area contributed by atoms with E-state index in [4.69, 9.17) is 9.47 Å². The molecule has 0 aliphatic carbocycles. The zero-order valence-electron chi connectivity index (χ0n) is 22.8. The molecule has 4 aromatic rings. The Balaban J connectivity index is 1.02. The van der Waals surface area contributed by atoms with Gasteiger partial charge >= 0.3 is 0 Å². The molecule has 2 aliphatic heterocycles. The lowest BCUT2D eigenvalue weighted by molar-refractivity contribution is 0.0358. The molecule has 1 aromatic heterocycles. The molecule has 0 radical (unpaired) electrons. The van der Waals surface area contributed by atoms with Gasteiger partial charge in [0.25, 0.3) is 11.8 Å². The molecule has 216 valence electrons. The van der Waals surface area contributed by atoms with E-state index in [-0.39, 0.29) is 11.8 Å². The summed E-state index contributed by atoms with van der Waals surface area (Å²) in [5.74, 6) is 0.176. The van der Waals surface area contributed by atoms with Gasteiger partial charge in [0, 0.05) is 53.0 Å². The van der Waals surface area contributed by atoms with Gasteiger partial charge in [-0.25, -0.2) is 4.98 Å². The summed E-state index contributed by atoms with van der Waals surface area (Å²) >= 11 is -0.0330. The number of rotatable bonds is 9. The minimum Gasteiger partial charge on any atom is -0.606 e. The van der Waals surface area contributed by atoms with Crippen LogP contribution in [0.3, 0.4) is 0 Å². The summed E-state index contributed by atoms with van der Waals surface area (Å²) in [6.45, 7) is 5.58. The molecule has 3 heterocycles. The standard InChI is InChI=1S/C31H30N4O5S2/c36-29(22-8-11-28-26(18-22)34-30(37)25-4-1-2-5-27(25)42(28)38)32-19-24-20-33-31(41-24)21-6-9-23(10-7-21)40-15-3-12-35-13-16-39-17-14-35/h1-2,4-11,18,20H,3,12-17,19H2,(H,32,36)(H,34,37). The normalized spacial score (nSPS) is 16.6. The van der Waals surface area contributed by atoms with Crippen LogP contribution in [0.4, 0.5) is 5.69 Å². The van der Waals surface area contributed by atoms with Crippen LogP contribution in [0.2, 0.25) is 0 Å². The lowest BCUT2D eigenvalue weighted by atomic mass is 10.1. The Hall–Kier alpha value is -3.74. The third kappa shape index (κ3) is 6.50. The van der Waals surface area contributed by atoms with Gasteiger partial charge in [0.2, 0.25) is 0 Å². The van der Waals surface area contributed by atoms with Gasteiger partial charge in [-0.15, -0.1) is 11.3 Å². The van der Waals surface area contributed by atoms with E-state index < -0.39 is 11.2 Å². The molecular weight excluding hydrogens is 572 g/mol. The minimum atomic E-state index is -1.54. The molecule has 2 aliphatic rings. The Bertz CT molecular complexity index is 1570. The maximum absolute atomic E-state index is 13.1. The Morgan fingerprint density at radius 2 is 1.90 bits per heavy atom. The number of nitrogens with zero attached hydrogens (tertiary/aromatic N) is 2. The molecule has 1 atom stereocenters. The van der Waals surface area contributed by atoms with Gasteiger partial charge in [-0.05, 0) is 61.0 Å². The third-order valence-corrected chi connectivity index (χ3v) is 9.65. The summed E-state index contributed by atoms with van der Waals surface area (Å²) in [7, 11) is 0. The van der Waals surface area contributed by atoms with Crippen molar-refractivity contribution in [3.63, 3.8) is 0 Å². The second-order valence-electron chi connectivity index (χ2n) is 9.92. The number of hydrogen-bond donors (Lipinski definition) is 2. The van der Waals surface area contributed by atoms with Gasteiger partial charge in [0.15, 0.2) is 9.79 Å². The summed E-state index contributed by atoms with van der Waals surface area (Å²) < 4.78 is 24.4. The molecule has 1 saturated heterocycles. The van der Waals surface area contributed by atoms with E-state index in [1.165, 1.54) is 11.3 Å². The van der Waals surface area contributed by atoms with E-state index in [1.807, 2.05) is 24.3 Å². The molecule has 0 bridgehead atoms. The summed E-state index contributed by atoms with van der Waals surface area (Å²) in [5.41, 5.74) is 2.07. The topological polar surface area (TPSA) is 116 Å². The van der Waals surface area contributed by atoms with Crippen molar-refractivity contribution in [1.29, 1.82) is 0 Å². The number of thiazole rings is 1. The molecule has 2 amide bonds. The molecule has 0 spiro atoms. The Kier molecular flexibility index (Phi) is 8.82. The van der Waals surface area contributed by atoms with Crippen molar-refractivity contribution in [2.45, 2.75) is 22.8 Å². The predicted octanol–water partition coefficient (Wildman–Crippen LogP) is 4.57. The maximum Gasteiger partial charge on any atom is 0.260 e. The zero-order chi connectivity index (χ0) is 28.9. The molecule has 1 fully saturated rings. The number of fused-ring (bicyclic) bond motifs is 2. The summed E-state index contributed by atoms with van der Waals surface area (Å²) in [5, 5.41) is 6.57. The molecule has 2 N–H and O–H groups in total. The monoisotopic (exact) mass is 602 g/mol. The summed E-state index contributed by atoms with van der Waals surface area (Å²) in [6.07, 6.45) is 2.73. The second-order valence-corrected chi connectivity index (χ2v) is 12.5. The molecule has 0 saturated carbocycles. The van der Waals surface area contributed by atoms with Crippen molar-refractivity contribution in [1.82, 2.24) is 15.2 Å². The molecule has 6 rings (SSSR count). The number of carbonyl (C=O) groups is 2. The van der Waals surface area contributed by atoms with Crippen LogP contribution in [-0.2, 0) is 22.5 Å². The largest absolute Gasteiger partial charge is 0.606 e. The van der Waals surface area contributed by atoms with Gasteiger partial charge < -0.3 is 24.7 Å². The summed E-state index contributed by atoms with van der Waals surface area (Å²) in [6, 6.07) is 19.5. The van der Waals surface area contributed by atoms with Crippen molar-refractivity contribution >= 4 is 40.0 Å². The van der Waals surface area contributed by atoms with Crippen LogP contribution in [0.25, 0.3) is 10.6 Å². The lowest BCUT2D eigenvalue weighted by Gasteiger charge is -2.26. The first-order valence-corrected chi connectivity index (χ1v) is 15.7. The molecule has 3 aromatic carbocycles. The number of nitrogens with one attached hydrogen (secondary N) is 2. The first kappa shape index (κ1) is 28.4. The minimum absolute atomic E-state index is 0.301. The summed E-state index contributed by atoms with van der Waals surface area (Å²) in [4.78, 5) is 34.4. The van der Waals surface area contributed by atoms with Crippen LogP contribution < -0.4 is 15.4 Å². The first-order valence-electron chi connectivity index (χ1n) is 13.8. The van der Waals surface area contributed by atoms with Crippen molar-refractivity contribution < 1.29 is 23.6 Å². The highest BCUT2D eigenvalue weighted by Crippen LogP contribution is 2.34. The van der Waals surface area contributed by atoms with Crippen LogP contribution in [0.15, 0.2) is 82.7 Å². The molecule has 9 nitrogen and oxygen atoms in total. The van der Waals surface area contributed by atoms with E-state index in [2.05, 4.69) is 20.5 Å². The number of hydrogen-bond acceptors (Lipinski definition) is 8. The SMILES string of the molecule is O=C(NCc1cnc(-c2ccc(OCCCN3CCOCC3)cc2)s1)c1ccc2c(c1)NC(=O)c1ccccc1[S+]2[O-]. The number of aromatic nitrogens is 1. The van der Waals surface area contributed by atoms with Crippen molar-refractivity contribution in [3.05, 3.63) is 88.9 Å². The number of benzene rings is 3. The van der Waals surface area contributed by atoms with Gasteiger partial charge in [-0.3, -0.25) is 14.5 Å². The van der Waals surface area contributed by atoms with Gasteiger partial charge in [-0.1, -0.05) is 12.1 Å². The number of anilines is 1. The highest BCUT2D eigenvalue weighted by molar-refractivity contribution is 7.91. The fourth-order valence-electron chi connectivity index (χ4n) is 4.84. The van der Waals surface area contributed by atoms with Crippen molar-refractivity contribution in [2.24, 2.45) is 0 Å². The third-order valence-electron chi connectivity index (χ3n) is 7.09. The van der Waals surface area contributed by atoms with E-state index >= 15 is 0 Å². The number of ether oxygens (including phenoxy) is 2. The average Bonchev–Trinajstić information content (AvgIpc) is 3.48. The van der Waals surface area contributed by atoms with Crippen LogP contribution in [-0.4, -0.2) is 65.7 Å². The van der Waals surface area contributed by atoms with Crippen molar-refractivity contribution in [2.75, 3.05) is 44.8 Å². The van der Waals surface area contributed by atoms with Crippen LogP contribution >= 0.6 is 11.3 Å². The molecular formula is C31H30N4O5S2. The average molecular weight is 603 g/mol. The Morgan fingerprint density at radius 1 is 1.10 bits per heavy atom. The highest BCUT2D eigenvalue weighted by atomic mass is 32.2. The molecule has 42 heavy (non-hydrogen) atoms. The smallest absolute Gasteiger partial charge is 0.260 e. The van der Waals surface area contributed by atoms with Crippen LogP contribution in [0, 0.1) is 0 Å². The van der Waals surface area contributed by atoms with E-state index in [0.717, 1.165) is 60.5 Å². The van der Waals surface area contributed by atoms with E-state index in [0.29, 0.717) is 39.8 Å². The molecule has 11 heteroatoms. The number of morpholine rings is 1. The van der Waals surface area contributed by atoms with E-state index in [9.17, 15) is 14.1 Å². The Morgan fingerprint density at radius 3 is 2.74 bits per heavy atom. The number of carbonyl (C=O) groups excluding carboxylic acids is 2. The maximum atomic E-state index is 13.1. The van der Waals surface area contributed by atoms with Gasteiger partial charge in [0.1, 0.15) is 10.8 Å². The Labute approximate surface area is 251 Å². The quantitative estimate of drug-likeness (QED) is 0.213. The fourth-order valence-corrected chi connectivity index (χ4v) is 7.00. The zero-order valence-corrected chi connectivity index (χ0v) is 24.5. The van der Waals surface area contributed by atoms with Crippen LogP contribution in [0.5, 0.6) is 5.75 Å². The van der Waals surface area contributed by atoms with Crippen molar-refractivity contribution in [3.8, 4) is 16.3 Å². The van der Waals surface area contributed by atoms with E-state index in [1.54, 1.807) is 48.7 Å². The van der Waals surface area contributed by atoms with Gasteiger partial charge in [0.05, 0.1) is 37.6 Å². The second kappa shape index (κ2) is 13.1. The molecule has 1 unspecified atom stereocenters. The highest BCUT2D eigenvalue weighted by Gasteiger charge is 2.30. The van der Waals surface area contributed by atoms with Gasteiger partial charge in [-0.2, -0.15) is 0 Å². The fraction of sp³-hybridized carbons (Fsp3) is 0.258. The predicted molar refractivity (Wildman–Crippen MR) is 162 cm³/mol. The number of amides is 2. The first-order chi connectivity index (χ1) is 20.5. The van der Waals surface area contributed by atoms with Crippen LogP contribution in [0.1, 0.15) is 32.0 Å².